The normalized spacial score (nSPS) is 10.2. The van der Waals surface area contributed by atoms with Gasteiger partial charge in [0.2, 0.25) is 0 Å². The molecule has 0 spiro atoms. The second kappa shape index (κ2) is 7.29. The standard InChI is InChI=1S/C16H13ClO3S/c1-20-16(19)12-7-14(17)13(9-18)15(8-12)21-10-11-5-3-2-4-6-11/h2-9H,10H2,1H3. The van der Waals surface area contributed by atoms with Crippen molar-refractivity contribution in [1.82, 2.24) is 0 Å². The predicted molar refractivity (Wildman–Crippen MR) is 84.2 cm³/mol. The molecule has 0 radical (unpaired) electrons. The molecule has 0 saturated heterocycles. The Morgan fingerprint density at radius 2 is 2.00 bits per heavy atom. The maximum Gasteiger partial charge on any atom is 0.337 e. The number of aldehydes is 1. The Morgan fingerprint density at radius 3 is 2.62 bits per heavy atom. The van der Waals surface area contributed by atoms with E-state index in [-0.39, 0.29) is 5.02 Å². The summed E-state index contributed by atoms with van der Waals surface area (Å²) in [6.07, 6.45) is 0.705. The van der Waals surface area contributed by atoms with Gasteiger partial charge in [-0.25, -0.2) is 4.79 Å². The molecule has 0 amide bonds. The molecule has 2 aromatic carbocycles. The Hall–Kier alpha value is -1.78. The number of hydrogen-bond acceptors (Lipinski definition) is 4. The number of carbonyl (C=O) groups excluding carboxylic acids is 2. The van der Waals surface area contributed by atoms with Crippen LogP contribution in [0.4, 0.5) is 0 Å². The minimum Gasteiger partial charge on any atom is -0.465 e. The van der Waals surface area contributed by atoms with E-state index in [1.807, 2.05) is 30.3 Å². The molecule has 0 fully saturated rings. The number of methoxy groups -OCH3 is 1. The van der Waals surface area contributed by atoms with E-state index < -0.39 is 5.97 Å². The summed E-state index contributed by atoms with van der Waals surface area (Å²) in [6, 6.07) is 12.9. The quantitative estimate of drug-likeness (QED) is 0.470. The lowest BCUT2D eigenvalue weighted by Gasteiger charge is -2.09. The summed E-state index contributed by atoms with van der Waals surface area (Å²) >= 11 is 7.52. The molecular formula is C16H13ClO3S. The van der Waals surface area contributed by atoms with Crippen LogP contribution in [0.15, 0.2) is 47.4 Å². The summed E-state index contributed by atoms with van der Waals surface area (Å²) < 4.78 is 4.69. The van der Waals surface area contributed by atoms with Crippen LogP contribution in [0.1, 0.15) is 26.3 Å². The first kappa shape index (κ1) is 15.6. The molecule has 21 heavy (non-hydrogen) atoms. The zero-order valence-corrected chi connectivity index (χ0v) is 12.9. The minimum atomic E-state index is -0.476. The van der Waals surface area contributed by atoms with Crippen molar-refractivity contribution in [3.8, 4) is 0 Å². The van der Waals surface area contributed by atoms with Crippen molar-refractivity contribution in [3.05, 3.63) is 64.2 Å². The van der Waals surface area contributed by atoms with E-state index in [1.165, 1.54) is 24.9 Å². The molecule has 108 valence electrons. The van der Waals surface area contributed by atoms with E-state index in [2.05, 4.69) is 4.74 Å². The molecule has 0 aliphatic rings. The van der Waals surface area contributed by atoms with Crippen molar-refractivity contribution >= 4 is 35.6 Å². The third-order valence-corrected chi connectivity index (χ3v) is 4.31. The lowest BCUT2D eigenvalue weighted by atomic mass is 10.1. The van der Waals surface area contributed by atoms with Crippen molar-refractivity contribution in [3.63, 3.8) is 0 Å². The van der Waals surface area contributed by atoms with Crippen LogP contribution in [0, 0.1) is 0 Å². The molecular weight excluding hydrogens is 308 g/mol. The molecule has 3 nitrogen and oxygen atoms in total. The van der Waals surface area contributed by atoms with Gasteiger partial charge in [-0.05, 0) is 17.7 Å². The fourth-order valence-corrected chi connectivity index (χ4v) is 3.16. The third kappa shape index (κ3) is 3.86. The van der Waals surface area contributed by atoms with Crippen LogP contribution in [0.25, 0.3) is 0 Å². The highest BCUT2D eigenvalue weighted by Gasteiger charge is 2.14. The first-order chi connectivity index (χ1) is 10.2. The molecule has 2 aromatic rings. The SMILES string of the molecule is COC(=O)c1cc(Cl)c(C=O)c(SCc2ccccc2)c1. The number of benzene rings is 2. The molecule has 0 atom stereocenters. The highest BCUT2D eigenvalue weighted by atomic mass is 35.5. The van der Waals surface area contributed by atoms with Crippen molar-refractivity contribution in [2.75, 3.05) is 7.11 Å². The van der Waals surface area contributed by atoms with Gasteiger partial charge in [-0.3, -0.25) is 4.79 Å². The van der Waals surface area contributed by atoms with Gasteiger partial charge in [0, 0.05) is 16.2 Å². The van der Waals surface area contributed by atoms with Gasteiger partial charge in [-0.2, -0.15) is 0 Å². The molecule has 0 saturated carbocycles. The van der Waals surface area contributed by atoms with Gasteiger partial charge in [-0.1, -0.05) is 41.9 Å². The number of rotatable bonds is 5. The Morgan fingerprint density at radius 1 is 1.29 bits per heavy atom. The molecule has 0 bridgehead atoms. The van der Waals surface area contributed by atoms with E-state index in [9.17, 15) is 9.59 Å². The second-order valence-corrected chi connectivity index (χ2v) is 5.68. The number of carbonyl (C=O) groups is 2. The summed E-state index contributed by atoms with van der Waals surface area (Å²) in [5, 5.41) is 0.253. The Kier molecular flexibility index (Phi) is 5.42. The smallest absolute Gasteiger partial charge is 0.337 e. The van der Waals surface area contributed by atoms with E-state index in [4.69, 9.17) is 11.6 Å². The van der Waals surface area contributed by atoms with Gasteiger partial charge in [-0.15, -0.1) is 11.8 Å². The van der Waals surface area contributed by atoms with E-state index in [1.54, 1.807) is 6.07 Å². The largest absolute Gasteiger partial charge is 0.465 e. The lowest BCUT2D eigenvalue weighted by Crippen LogP contribution is -2.03. The molecule has 0 N–H and O–H groups in total. The number of thioether (sulfide) groups is 1. The van der Waals surface area contributed by atoms with Crippen molar-refractivity contribution in [2.24, 2.45) is 0 Å². The van der Waals surface area contributed by atoms with Crippen LogP contribution in [0.2, 0.25) is 5.02 Å². The molecule has 0 heterocycles. The van der Waals surface area contributed by atoms with Gasteiger partial charge in [0.15, 0.2) is 6.29 Å². The molecule has 2 rings (SSSR count). The highest BCUT2D eigenvalue weighted by Crippen LogP contribution is 2.31. The van der Waals surface area contributed by atoms with Crippen LogP contribution in [-0.4, -0.2) is 19.4 Å². The Balaban J connectivity index is 2.30. The van der Waals surface area contributed by atoms with E-state index in [0.29, 0.717) is 28.1 Å². The van der Waals surface area contributed by atoms with Crippen molar-refractivity contribution in [2.45, 2.75) is 10.6 Å². The van der Waals surface area contributed by atoms with E-state index >= 15 is 0 Å². The van der Waals surface area contributed by atoms with Crippen molar-refractivity contribution < 1.29 is 14.3 Å². The average Bonchev–Trinajstić information content (AvgIpc) is 2.52. The first-order valence-corrected chi connectivity index (χ1v) is 7.56. The maximum atomic E-state index is 11.6. The second-order valence-electron chi connectivity index (χ2n) is 4.25. The van der Waals surface area contributed by atoms with Gasteiger partial charge < -0.3 is 4.74 Å². The third-order valence-electron chi connectivity index (χ3n) is 2.87. The zero-order valence-electron chi connectivity index (χ0n) is 11.3. The summed E-state index contributed by atoms with van der Waals surface area (Å²) in [6.45, 7) is 0. The summed E-state index contributed by atoms with van der Waals surface area (Å²) in [7, 11) is 1.31. The zero-order chi connectivity index (χ0) is 15.2. The van der Waals surface area contributed by atoms with Gasteiger partial charge in [0.25, 0.3) is 0 Å². The molecule has 0 aromatic heterocycles. The van der Waals surface area contributed by atoms with Crippen LogP contribution in [-0.2, 0) is 10.5 Å². The van der Waals surface area contributed by atoms with Crippen LogP contribution < -0.4 is 0 Å². The van der Waals surface area contributed by atoms with Crippen molar-refractivity contribution in [1.29, 1.82) is 0 Å². The summed E-state index contributed by atoms with van der Waals surface area (Å²) in [5.41, 5.74) is 1.85. The van der Waals surface area contributed by atoms with Crippen LogP contribution in [0.5, 0.6) is 0 Å². The van der Waals surface area contributed by atoms with Gasteiger partial charge >= 0.3 is 5.97 Å². The number of hydrogen-bond donors (Lipinski definition) is 0. The van der Waals surface area contributed by atoms with Crippen LogP contribution in [0.3, 0.4) is 0 Å². The monoisotopic (exact) mass is 320 g/mol. The van der Waals surface area contributed by atoms with E-state index in [0.717, 1.165) is 5.56 Å². The predicted octanol–water partition coefficient (Wildman–Crippen LogP) is 4.23. The van der Waals surface area contributed by atoms with Gasteiger partial charge in [0.05, 0.1) is 17.7 Å². The summed E-state index contributed by atoms with van der Waals surface area (Å²) in [5.74, 6) is 0.207. The minimum absolute atomic E-state index is 0.253. The highest BCUT2D eigenvalue weighted by molar-refractivity contribution is 7.98. The fraction of sp³-hybridized carbons (Fsp3) is 0.125. The average molecular weight is 321 g/mol. The topological polar surface area (TPSA) is 43.4 Å². The van der Waals surface area contributed by atoms with Crippen LogP contribution >= 0.6 is 23.4 Å². The number of halogens is 1. The molecule has 0 unspecified atom stereocenters. The number of ether oxygens (including phenoxy) is 1. The Labute approximate surface area is 132 Å². The number of esters is 1. The molecule has 0 aliphatic heterocycles. The fourth-order valence-electron chi connectivity index (χ4n) is 1.80. The first-order valence-electron chi connectivity index (χ1n) is 6.19. The molecule has 5 heteroatoms. The maximum absolute atomic E-state index is 11.6. The molecule has 0 aliphatic carbocycles. The lowest BCUT2D eigenvalue weighted by molar-refractivity contribution is 0.0600. The van der Waals surface area contributed by atoms with Gasteiger partial charge in [0.1, 0.15) is 0 Å². The Bertz CT molecular complexity index is 656. The summed E-state index contributed by atoms with van der Waals surface area (Å²) in [4.78, 5) is 23.5.